The molecule has 0 radical (unpaired) electrons. The van der Waals surface area contributed by atoms with E-state index in [4.69, 9.17) is 42.8 Å². The molecule has 42 heavy (non-hydrogen) atoms. The zero-order chi connectivity index (χ0) is 29.6. The van der Waals surface area contributed by atoms with E-state index in [1.807, 2.05) is 54.6 Å². The first-order valence-corrected chi connectivity index (χ1v) is 14.6. The van der Waals surface area contributed by atoms with Crippen molar-refractivity contribution in [3.8, 4) is 45.1 Å². The van der Waals surface area contributed by atoms with Gasteiger partial charge in [0, 0.05) is 46.5 Å². The van der Waals surface area contributed by atoms with Crippen molar-refractivity contribution in [3.63, 3.8) is 0 Å². The molecule has 5 rings (SSSR count). The molecule has 3 N–H and O–H groups in total. The minimum absolute atomic E-state index is 0.268. The number of aliphatic carboxylic acids is 1. The zero-order valence-electron chi connectivity index (χ0n) is 23.2. The molecule has 7 nitrogen and oxygen atoms in total. The molecule has 1 aliphatic rings. The van der Waals surface area contributed by atoms with Crippen molar-refractivity contribution in [2.45, 2.75) is 38.3 Å². The molecule has 0 amide bonds. The molecule has 1 aliphatic heterocycles. The molecule has 0 saturated heterocycles. The Morgan fingerprint density at radius 1 is 1.02 bits per heavy atom. The summed E-state index contributed by atoms with van der Waals surface area (Å²) >= 11 is 14.0. The van der Waals surface area contributed by atoms with Gasteiger partial charge in [-0.2, -0.15) is 0 Å². The average Bonchev–Trinajstić information content (AvgIpc) is 3.22. The Morgan fingerprint density at radius 2 is 1.74 bits per heavy atom. The Labute approximate surface area is 255 Å². The molecule has 218 valence electrons. The summed E-state index contributed by atoms with van der Waals surface area (Å²) in [5.74, 6) is 0.306. The van der Waals surface area contributed by atoms with E-state index in [2.05, 4.69) is 17.4 Å². The summed E-state index contributed by atoms with van der Waals surface area (Å²) in [4.78, 5) is 15.5. The van der Waals surface area contributed by atoms with E-state index in [9.17, 15) is 9.90 Å². The molecule has 1 aromatic heterocycles. The number of nitrogens with one attached hydrogen (secondary N) is 1. The van der Waals surface area contributed by atoms with Crippen LogP contribution in [0, 0.1) is 0 Å². The summed E-state index contributed by atoms with van der Waals surface area (Å²) < 4.78 is 11.5. The summed E-state index contributed by atoms with van der Waals surface area (Å²) in [5, 5.41) is 23.2. The van der Waals surface area contributed by atoms with E-state index in [1.54, 1.807) is 7.11 Å². The molecular formula is C33H32Cl2N2O5. The second-order valence-corrected chi connectivity index (χ2v) is 10.9. The normalized spacial score (nSPS) is 13.5. The van der Waals surface area contributed by atoms with E-state index in [0.717, 1.165) is 57.8 Å². The Morgan fingerprint density at radius 3 is 2.48 bits per heavy atom. The molecule has 3 aromatic carbocycles. The molecule has 0 spiro atoms. The van der Waals surface area contributed by atoms with Crippen LogP contribution in [-0.2, 0) is 17.8 Å². The van der Waals surface area contributed by atoms with E-state index < -0.39 is 12.1 Å². The van der Waals surface area contributed by atoms with Crippen LogP contribution < -0.4 is 14.8 Å². The lowest BCUT2D eigenvalue weighted by Gasteiger charge is -2.16. The number of aromatic nitrogens is 1. The van der Waals surface area contributed by atoms with Gasteiger partial charge in [0.2, 0.25) is 5.88 Å². The third-order valence-corrected chi connectivity index (χ3v) is 8.13. The van der Waals surface area contributed by atoms with Crippen molar-refractivity contribution in [2.24, 2.45) is 0 Å². The lowest BCUT2D eigenvalue weighted by Crippen LogP contribution is -2.16. The van der Waals surface area contributed by atoms with Gasteiger partial charge in [-0.15, -0.1) is 0 Å². The average molecular weight is 608 g/mol. The molecular weight excluding hydrogens is 575 g/mol. The highest BCUT2D eigenvalue weighted by atomic mass is 35.5. The van der Waals surface area contributed by atoms with Crippen LogP contribution in [0.15, 0.2) is 66.7 Å². The van der Waals surface area contributed by atoms with Crippen molar-refractivity contribution >= 4 is 29.2 Å². The number of carbonyl (C=O) groups is 1. The lowest BCUT2D eigenvalue weighted by molar-refractivity contribution is -0.139. The Bertz CT molecular complexity index is 1590. The first kappa shape index (κ1) is 29.9. The second-order valence-electron chi connectivity index (χ2n) is 10.2. The fraction of sp³-hybridized carbons (Fsp3) is 0.273. The SMILES string of the molecule is COc1nc(-c2cccc(-c3cccc(-c4ccc5c(c4)OCCNC5)c3Cl)c2Cl)ccc1CCC[C@@H](O)CC(=O)O. The largest absolute Gasteiger partial charge is 0.492 e. The Hall–Kier alpha value is -3.62. The maximum absolute atomic E-state index is 10.8. The fourth-order valence-corrected chi connectivity index (χ4v) is 5.84. The van der Waals surface area contributed by atoms with Gasteiger partial charge < -0.3 is 25.0 Å². The number of nitrogens with zero attached hydrogens (tertiary/aromatic N) is 1. The molecule has 0 fully saturated rings. The summed E-state index contributed by atoms with van der Waals surface area (Å²) in [6, 6.07) is 21.7. The van der Waals surface area contributed by atoms with Gasteiger partial charge in [-0.3, -0.25) is 4.79 Å². The van der Waals surface area contributed by atoms with Gasteiger partial charge in [-0.25, -0.2) is 4.98 Å². The van der Waals surface area contributed by atoms with Crippen molar-refractivity contribution in [2.75, 3.05) is 20.3 Å². The summed E-state index contributed by atoms with van der Waals surface area (Å²) in [6.07, 6.45) is 0.420. The molecule has 4 aromatic rings. The highest BCUT2D eigenvalue weighted by Gasteiger charge is 2.18. The molecule has 0 saturated carbocycles. The number of aliphatic hydroxyl groups excluding tert-OH is 1. The van der Waals surface area contributed by atoms with Gasteiger partial charge in [-0.05, 0) is 37.0 Å². The fourth-order valence-electron chi connectivity index (χ4n) is 5.18. The van der Waals surface area contributed by atoms with E-state index >= 15 is 0 Å². The smallest absolute Gasteiger partial charge is 0.305 e. The van der Waals surface area contributed by atoms with E-state index in [1.165, 1.54) is 0 Å². The number of carboxylic acids is 1. The van der Waals surface area contributed by atoms with Crippen LogP contribution in [0.1, 0.15) is 30.4 Å². The van der Waals surface area contributed by atoms with Crippen molar-refractivity contribution in [1.82, 2.24) is 10.3 Å². The van der Waals surface area contributed by atoms with Crippen LogP contribution in [0.2, 0.25) is 10.0 Å². The Balaban J connectivity index is 1.42. The highest BCUT2D eigenvalue weighted by molar-refractivity contribution is 6.39. The third kappa shape index (κ3) is 6.71. The number of aryl methyl sites for hydroxylation is 1. The van der Waals surface area contributed by atoms with Crippen LogP contribution in [-0.4, -0.2) is 47.5 Å². The van der Waals surface area contributed by atoms with Gasteiger partial charge in [0.25, 0.3) is 0 Å². The first-order chi connectivity index (χ1) is 20.4. The summed E-state index contributed by atoms with van der Waals surface area (Å²) in [6.45, 7) is 2.18. The minimum Gasteiger partial charge on any atom is -0.492 e. The van der Waals surface area contributed by atoms with Crippen LogP contribution in [0.3, 0.4) is 0 Å². The standard InChI is InChI=1S/C33H32Cl2N2O5/c1-41-33-20(5-2-6-23(38)18-30(39)40)13-14-28(37-33)27-10-4-9-26(32(27)35)25-8-3-7-24(31(25)34)21-11-12-22-19-36-15-16-42-29(22)17-21/h3-4,7-14,17,23,36,38H,2,5-6,15-16,18-19H2,1H3,(H,39,40)/t23-/m1/s1. The van der Waals surface area contributed by atoms with Gasteiger partial charge in [0.05, 0.1) is 35.4 Å². The number of fused-ring (bicyclic) bond motifs is 1. The first-order valence-electron chi connectivity index (χ1n) is 13.8. The Kier molecular flexibility index (Phi) is 9.65. The maximum Gasteiger partial charge on any atom is 0.305 e. The maximum atomic E-state index is 10.8. The molecule has 9 heteroatoms. The van der Waals surface area contributed by atoms with Crippen LogP contribution in [0.5, 0.6) is 11.6 Å². The summed E-state index contributed by atoms with van der Waals surface area (Å²) in [5.41, 5.74) is 6.82. The molecule has 0 unspecified atom stereocenters. The van der Waals surface area contributed by atoms with E-state index in [0.29, 0.717) is 47.5 Å². The van der Waals surface area contributed by atoms with Gasteiger partial charge in [0.15, 0.2) is 0 Å². The number of halogens is 2. The predicted octanol–water partition coefficient (Wildman–Crippen LogP) is 7.04. The number of rotatable bonds is 10. The van der Waals surface area contributed by atoms with Crippen LogP contribution in [0.25, 0.3) is 33.5 Å². The second kappa shape index (κ2) is 13.6. The monoisotopic (exact) mass is 606 g/mol. The quantitative estimate of drug-likeness (QED) is 0.178. The van der Waals surface area contributed by atoms with Crippen LogP contribution in [0.4, 0.5) is 0 Å². The molecule has 1 atom stereocenters. The topological polar surface area (TPSA) is 101 Å². The molecule has 0 aliphatic carbocycles. The van der Waals surface area contributed by atoms with Crippen molar-refractivity contribution in [1.29, 1.82) is 0 Å². The zero-order valence-corrected chi connectivity index (χ0v) is 24.7. The number of aliphatic hydroxyl groups is 1. The number of hydrogen-bond donors (Lipinski definition) is 3. The van der Waals surface area contributed by atoms with Crippen molar-refractivity contribution in [3.05, 3.63) is 87.9 Å². The predicted molar refractivity (Wildman–Crippen MR) is 166 cm³/mol. The van der Waals surface area contributed by atoms with Crippen molar-refractivity contribution < 1.29 is 24.5 Å². The minimum atomic E-state index is -1.01. The number of carboxylic acid groups (broad SMARTS) is 1. The number of pyridine rings is 1. The van der Waals surface area contributed by atoms with E-state index in [-0.39, 0.29) is 6.42 Å². The van der Waals surface area contributed by atoms with Crippen LogP contribution >= 0.6 is 23.2 Å². The van der Waals surface area contributed by atoms with Gasteiger partial charge in [0.1, 0.15) is 12.4 Å². The van der Waals surface area contributed by atoms with Gasteiger partial charge >= 0.3 is 5.97 Å². The summed E-state index contributed by atoms with van der Waals surface area (Å²) in [7, 11) is 1.56. The lowest BCUT2D eigenvalue weighted by atomic mass is 9.96. The number of hydrogen-bond acceptors (Lipinski definition) is 6. The molecule has 2 heterocycles. The number of methoxy groups -OCH3 is 1. The highest BCUT2D eigenvalue weighted by Crippen LogP contribution is 2.43. The number of ether oxygens (including phenoxy) is 2. The van der Waals surface area contributed by atoms with Gasteiger partial charge in [-0.1, -0.05) is 77.8 Å². The third-order valence-electron chi connectivity index (χ3n) is 7.32. The molecule has 0 bridgehead atoms. The number of benzene rings is 3.